The van der Waals surface area contributed by atoms with Gasteiger partial charge in [-0.05, 0) is 37.7 Å². The minimum absolute atomic E-state index is 0.168. The molecule has 0 saturated carbocycles. The lowest BCUT2D eigenvalue weighted by Gasteiger charge is -2.19. The summed E-state index contributed by atoms with van der Waals surface area (Å²) in [4.78, 5) is 20.4. The van der Waals surface area contributed by atoms with Crippen molar-refractivity contribution >= 4 is 22.9 Å². The number of rotatable bonds is 11. The van der Waals surface area contributed by atoms with Gasteiger partial charge in [-0.2, -0.15) is 0 Å². The number of anilines is 1. The van der Waals surface area contributed by atoms with Crippen LogP contribution in [-0.2, 0) is 6.42 Å². The number of benzene rings is 2. The molecule has 2 aromatic carbocycles. The van der Waals surface area contributed by atoms with Crippen LogP contribution in [0.1, 0.15) is 39.8 Å². The number of nitrogens with zero attached hydrogens (tertiary/aromatic N) is 2. The minimum Gasteiger partial charge on any atom is -0.493 e. The number of aromatic nitrogens is 1. The second-order valence-corrected chi connectivity index (χ2v) is 8.46. The van der Waals surface area contributed by atoms with E-state index in [-0.39, 0.29) is 5.91 Å². The quantitative estimate of drug-likeness (QED) is 0.441. The third-order valence-corrected chi connectivity index (χ3v) is 6.38. The lowest BCUT2D eigenvalue weighted by Crippen LogP contribution is -2.28. The van der Waals surface area contributed by atoms with Crippen LogP contribution in [0.5, 0.6) is 11.5 Å². The minimum atomic E-state index is -0.168. The lowest BCUT2D eigenvalue weighted by atomic mass is 10.2. The van der Waals surface area contributed by atoms with E-state index in [2.05, 4.69) is 41.2 Å². The maximum atomic E-state index is 12.9. The number of ether oxygens (including phenoxy) is 2. The number of carbonyl (C=O) groups excluding carboxylic acids is 1. The van der Waals surface area contributed by atoms with Gasteiger partial charge in [0.25, 0.3) is 5.91 Å². The molecule has 6 nitrogen and oxygen atoms in total. The number of carbonyl (C=O) groups is 1. The predicted molar refractivity (Wildman–Crippen MR) is 130 cm³/mol. The maximum Gasteiger partial charge on any atom is 0.267 e. The normalized spacial score (nSPS) is 10.9. The summed E-state index contributed by atoms with van der Waals surface area (Å²) in [6, 6.07) is 15.6. The summed E-state index contributed by atoms with van der Waals surface area (Å²) >= 11 is 1.43. The molecule has 0 unspecified atom stereocenters. The number of nitrogens with one attached hydrogen (secondary N) is 1. The fourth-order valence-corrected chi connectivity index (χ4v) is 4.38. The molecule has 1 N–H and O–H groups in total. The molecule has 0 spiro atoms. The molecule has 1 amide bonds. The van der Waals surface area contributed by atoms with Gasteiger partial charge in [0.1, 0.15) is 11.5 Å². The molecule has 0 fully saturated rings. The molecule has 3 aromatic rings. The number of aryl methyl sites for hydroxylation is 1. The number of thiazole rings is 1. The molecule has 0 aliphatic heterocycles. The number of hydrogen-bond donors (Lipinski definition) is 1. The van der Waals surface area contributed by atoms with Crippen molar-refractivity contribution in [3.05, 3.63) is 69.7 Å². The maximum absolute atomic E-state index is 12.9. The van der Waals surface area contributed by atoms with Crippen molar-refractivity contribution in [3.8, 4) is 11.5 Å². The Bertz CT molecular complexity index is 1020. The van der Waals surface area contributed by atoms with Gasteiger partial charge < -0.3 is 19.7 Å². The Labute approximate surface area is 194 Å². The standard InChI is InChI=1S/C25H31N3O3S/c1-5-28(6-2)14-15-31-22-17-20(12-13-21(22)30-4)27-25(29)24-18(3)26-23(32-24)16-19-10-8-7-9-11-19/h7-13,17H,5-6,14-16H2,1-4H3,(H,27,29). The van der Waals surface area contributed by atoms with Crippen LogP contribution in [0, 0.1) is 6.92 Å². The Balaban J connectivity index is 1.68. The highest BCUT2D eigenvalue weighted by molar-refractivity contribution is 7.14. The zero-order valence-corrected chi connectivity index (χ0v) is 20.0. The second-order valence-electron chi connectivity index (χ2n) is 7.38. The fraction of sp³-hybridized carbons (Fsp3) is 0.360. The van der Waals surface area contributed by atoms with Gasteiger partial charge in [-0.15, -0.1) is 11.3 Å². The van der Waals surface area contributed by atoms with Crippen LogP contribution in [0.25, 0.3) is 0 Å². The van der Waals surface area contributed by atoms with E-state index < -0.39 is 0 Å². The van der Waals surface area contributed by atoms with Gasteiger partial charge in [0.15, 0.2) is 11.5 Å². The first kappa shape index (κ1) is 23.8. The summed E-state index contributed by atoms with van der Waals surface area (Å²) in [5, 5.41) is 3.90. The molecule has 0 bridgehead atoms. The molecule has 0 aliphatic rings. The van der Waals surface area contributed by atoms with Gasteiger partial charge >= 0.3 is 0 Å². The molecule has 0 atom stereocenters. The largest absolute Gasteiger partial charge is 0.493 e. The first-order chi connectivity index (χ1) is 15.5. The third kappa shape index (κ3) is 6.31. The van der Waals surface area contributed by atoms with E-state index in [9.17, 15) is 4.79 Å². The van der Waals surface area contributed by atoms with Crippen LogP contribution in [0.15, 0.2) is 48.5 Å². The van der Waals surface area contributed by atoms with Gasteiger partial charge in [0.2, 0.25) is 0 Å². The molecule has 1 aromatic heterocycles. The molecule has 0 aliphatic carbocycles. The Morgan fingerprint density at radius 1 is 1.09 bits per heavy atom. The molecule has 1 heterocycles. The van der Waals surface area contributed by atoms with Crippen molar-refractivity contribution in [1.29, 1.82) is 0 Å². The molecule has 3 rings (SSSR count). The SMILES string of the molecule is CCN(CC)CCOc1cc(NC(=O)c2sc(Cc3ccccc3)nc2C)ccc1OC. The van der Waals surface area contributed by atoms with Gasteiger partial charge in [0, 0.05) is 24.7 Å². The molecule has 7 heteroatoms. The summed E-state index contributed by atoms with van der Waals surface area (Å²) in [5.74, 6) is 1.09. The summed E-state index contributed by atoms with van der Waals surface area (Å²) in [6.45, 7) is 9.47. The zero-order valence-electron chi connectivity index (χ0n) is 19.2. The van der Waals surface area contributed by atoms with Crippen LogP contribution < -0.4 is 14.8 Å². The molecule has 170 valence electrons. The number of hydrogen-bond acceptors (Lipinski definition) is 6. The van der Waals surface area contributed by atoms with Crippen LogP contribution in [0.2, 0.25) is 0 Å². The van der Waals surface area contributed by atoms with E-state index >= 15 is 0 Å². The molecule has 0 saturated heterocycles. The van der Waals surface area contributed by atoms with Crippen molar-refractivity contribution in [2.45, 2.75) is 27.2 Å². The second kappa shape index (κ2) is 11.6. The average Bonchev–Trinajstić information content (AvgIpc) is 3.17. The number of amides is 1. The van der Waals surface area contributed by atoms with Crippen molar-refractivity contribution in [2.75, 3.05) is 38.7 Å². The summed E-state index contributed by atoms with van der Waals surface area (Å²) in [7, 11) is 1.61. The van der Waals surface area contributed by atoms with Crippen LogP contribution >= 0.6 is 11.3 Å². The highest BCUT2D eigenvalue weighted by Crippen LogP contribution is 2.31. The topological polar surface area (TPSA) is 63.7 Å². The Morgan fingerprint density at radius 3 is 2.53 bits per heavy atom. The van der Waals surface area contributed by atoms with Crippen molar-refractivity contribution in [1.82, 2.24) is 9.88 Å². The Kier molecular flexibility index (Phi) is 8.64. The van der Waals surface area contributed by atoms with E-state index in [4.69, 9.17) is 9.47 Å². The highest BCUT2D eigenvalue weighted by Gasteiger charge is 2.17. The lowest BCUT2D eigenvalue weighted by molar-refractivity contribution is 0.103. The molecule has 0 radical (unpaired) electrons. The van der Waals surface area contributed by atoms with Gasteiger partial charge in [-0.3, -0.25) is 4.79 Å². The summed E-state index contributed by atoms with van der Waals surface area (Å²) in [6.07, 6.45) is 0.715. The van der Waals surface area contributed by atoms with Crippen molar-refractivity contribution in [2.24, 2.45) is 0 Å². The monoisotopic (exact) mass is 453 g/mol. The van der Waals surface area contributed by atoms with E-state index in [0.29, 0.717) is 35.1 Å². The van der Waals surface area contributed by atoms with Crippen molar-refractivity contribution < 1.29 is 14.3 Å². The Morgan fingerprint density at radius 2 is 1.84 bits per heavy atom. The van der Waals surface area contributed by atoms with E-state index in [0.717, 1.165) is 30.3 Å². The van der Waals surface area contributed by atoms with E-state index in [1.54, 1.807) is 13.2 Å². The van der Waals surface area contributed by atoms with E-state index in [1.807, 2.05) is 37.3 Å². The fourth-order valence-electron chi connectivity index (χ4n) is 3.39. The first-order valence-corrected chi connectivity index (χ1v) is 11.7. The van der Waals surface area contributed by atoms with Gasteiger partial charge in [-0.1, -0.05) is 44.2 Å². The van der Waals surface area contributed by atoms with Crippen LogP contribution in [-0.4, -0.2) is 49.1 Å². The third-order valence-electron chi connectivity index (χ3n) is 5.23. The van der Waals surface area contributed by atoms with Crippen molar-refractivity contribution in [3.63, 3.8) is 0 Å². The predicted octanol–water partition coefficient (Wildman–Crippen LogP) is 5.02. The first-order valence-electron chi connectivity index (χ1n) is 10.9. The van der Waals surface area contributed by atoms with Crippen LogP contribution in [0.4, 0.5) is 5.69 Å². The van der Waals surface area contributed by atoms with Gasteiger partial charge in [0.05, 0.1) is 17.8 Å². The number of methoxy groups -OCH3 is 1. The molecule has 32 heavy (non-hydrogen) atoms. The van der Waals surface area contributed by atoms with Gasteiger partial charge in [-0.25, -0.2) is 4.98 Å². The average molecular weight is 454 g/mol. The summed E-state index contributed by atoms with van der Waals surface area (Å²) < 4.78 is 11.4. The number of likely N-dealkylation sites (N-methyl/N-ethyl adjacent to an activating group) is 1. The Hall–Kier alpha value is -2.90. The highest BCUT2D eigenvalue weighted by atomic mass is 32.1. The van der Waals surface area contributed by atoms with Crippen LogP contribution in [0.3, 0.4) is 0 Å². The molecular weight excluding hydrogens is 422 g/mol. The zero-order chi connectivity index (χ0) is 22.9. The molecular formula is C25H31N3O3S. The van der Waals surface area contributed by atoms with E-state index in [1.165, 1.54) is 16.9 Å². The smallest absolute Gasteiger partial charge is 0.267 e. The summed E-state index contributed by atoms with van der Waals surface area (Å²) in [5.41, 5.74) is 2.57.